The quantitative estimate of drug-likeness (QED) is 0.441. The zero-order valence-electron chi connectivity index (χ0n) is 8.93. The summed E-state index contributed by atoms with van der Waals surface area (Å²) in [5, 5.41) is 10.8. The van der Waals surface area contributed by atoms with E-state index in [-0.39, 0.29) is 23.4 Å². The minimum atomic E-state index is -0.615. The van der Waals surface area contributed by atoms with Gasteiger partial charge in [0.15, 0.2) is 0 Å². The van der Waals surface area contributed by atoms with Crippen LogP contribution in [0.1, 0.15) is 15.9 Å². The van der Waals surface area contributed by atoms with E-state index < -0.39 is 10.9 Å². The lowest BCUT2D eigenvalue weighted by Gasteiger charge is -2.07. The molecule has 0 aromatic heterocycles. The molecule has 0 unspecified atom stereocenters. The van der Waals surface area contributed by atoms with Crippen molar-refractivity contribution in [1.29, 1.82) is 0 Å². The van der Waals surface area contributed by atoms with Crippen LogP contribution in [0.3, 0.4) is 0 Å². The number of carbonyl (C=O) groups is 1. The maximum atomic E-state index is 11.4. The van der Waals surface area contributed by atoms with Crippen molar-refractivity contribution < 1.29 is 19.2 Å². The molecule has 1 aromatic rings. The van der Waals surface area contributed by atoms with Crippen LogP contribution in [-0.4, -0.2) is 25.1 Å². The number of nitro groups is 1. The Hall–Kier alpha value is -1.95. The Morgan fingerprint density at radius 3 is 2.62 bits per heavy atom. The first kappa shape index (κ1) is 12.1. The Kier molecular flexibility index (Phi) is 3.96. The van der Waals surface area contributed by atoms with Gasteiger partial charge in [0.1, 0.15) is 0 Å². The Morgan fingerprint density at radius 1 is 1.44 bits per heavy atom. The molecule has 0 amide bonds. The topological polar surface area (TPSA) is 78.7 Å². The van der Waals surface area contributed by atoms with E-state index >= 15 is 0 Å². The fraction of sp³-hybridized carbons (Fsp3) is 0.300. The Morgan fingerprint density at radius 2 is 2.12 bits per heavy atom. The Balaban J connectivity index is 3.32. The molecule has 0 aliphatic rings. The van der Waals surface area contributed by atoms with Gasteiger partial charge in [-0.1, -0.05) is 6.07 Å². The van der Waals surface area contributed by atoms with Gasteiger partial charge in [0.25, 0.3) is 5.69 Å². The highest BCUT2D eigenvalue weighted by molar-refractivity contribution is 5.92. The standard InChI is InChI=1S/C10H11NO5/c1-15-6-8-7(10(12)16-2)4-3-5-9(8)11(13)14/h3-5H,6H2,1-2H3. The average Bonchev–Trinajstić information content (AvgIpc) is 2.28. The van der Waals surface area contributed by atoms with Crippen LogP contribution in [0, 0.1) is 10.1 Å². The third-order valence-corrected chi connectivity index (χ3v) is 2.04. The van der Waals surface area contributed by atoms with Crippen molar-refractivity contribution in [3.8, 4) is 0 Å². The van der Waals surface area contributed by atoms with Gasteiger partial charge >= 0.3 is 5.97 Å². The first-order valence-electron chi connectivity index (χ1n) is 4.45. The lowest BCUT2D eigenvalue weighted by molar-refractivity contribution is -0.385. The van der Waals surface area contributed by atoms with Crippen molar-refractivity contribution in [3.05, 3.63) is 39.4 Å². The maximum Gasteiger partial charge on any atom is 0.338 e. The predicted molar refractivity (Wildman–Crippen MR) is 55.1 cm³/mol. The average molecular weight is 225 g/mol. The Labute approximate surface area is 91.9 Å². The van der Waals surface area contributed by atoms with Gasteiger partial charge < -0.3 is 9.47 Å². The van der Waals surface area contributed by atoms with E-state index in [0.29, 0.717) is 0 Å². The first-order valence-corrected chi connectivity index (χ1v) is 4.45. The molecular weight excluding hydrogens is 214 g/mol. The molecule has 0 spiro atoms. The fourth-order valence-corrected chi connectivity index (χ4v) is 1.34. The van der Waals surface area contributed by atoms with Crippen LogP contribution >= 0.6 is 0 Å². The van der Waals surface area contributed by atoms with Crippen LogP contribution in [0.2, 0.25) is 0 Å². The minimum absolute atomic E-state index is 0.0123. The zero-order valence-corrected chi connectivity index (χ0v) is 8.93. The van der Waals surface area contributed by atoms with Gasteiger partial charge in [0, 0.05) is 13.2 Å². The van der Waals surface area contributed by atoms with Crippen molar-refractivity contribution in [2.45, 2.75) is 6.61 Å². The van der Waals surface area contributed by atoms with Crippen LogP contribution in [-0.2, 0) is 16.1 Å². The summed E-state index contributed by atoms with van der Waals surface area (Å²) in [5.41, 5.74) is 0.227. The molecular formula is C10H11NO5. The van der Waals surface area contributed by atoms with Crippen LogP contribution in [0.25, 0.3) is 0 Å². The molecule has 0 saturated carbocycles. The van der Waals surface area contributed by atoms with E-state index in [1.54, 1.807) is 0 Å². The van der Waals surface area contributed by atoms with E-state index in [2.05, 4.69) is 4.74 Å². The molecule has 0 heterocycles. The van der Waals surface area contributed by atoms with Crippen molar-refractivity contribution in [2.24, 2.45) is 0 Å². The first-order chi connectivity index (χ1) is 7.61. The molecule has 0 N–H and O–H groups in total. The molecule has 0 aliphatic carbocycles. The summed E-state index contributed by atoms with van der Waals surface area (Å²) in [7, 11) is 2.62. The minimum Gasteiger partial charge on any atom is -0.465 e. The molecule has 0 aliphatic heterocycles. The highest BCUT2D eigenvalue weighted by atomic mass is 16.6. The summed E-state index contributed by atoms with van der Waals surface area (Å²) < 4.78 is 9.38. The summed E-state index contributed by atoms with van der Waals surface area (Å²) in [6, 6.07) is 4.22. The number of hydrogen-bond acceptors (Lipinski definition) is 5. The number of carbonyl (C=O) groups excluding carboxylic acids is 1. The highest BCUT2D eigenvalue weighted by Gasteiger charge is 2.21. The number of nitro benzene ring substituents is 1. The second-order valence-corrected chi connectivity index (χ2v) is 2.98. The molecule has 0 radical (unpaired) electrons. The van der Waals surface area contributed by atoms with Gasteiger partial charge in [-0.2, -0.15) is 0 Å². The number of methoxy groups -OCH3 is 2. The predicted octanol–water partition coefficient (Wildman–Crippen LogP) is 1.53. The molecule has 0 saturated heterocycles. The van der Waals surface area contributed by atoms with Crippen LogP contribution < -0.4 is 0 Å². The fourth-order valence-electron chi connectivity index (χ4n) is 1.34. The molecule has 0 bridgehead atoms. The summed E-state index contributed by atoms with van der Waals surface area (Å²) in [4.78, 5) is 21.6. The maximum absolute atomic E-state index is 11.4. The summed E-state index contributed by atoms with van der Waals surface area (Å²) in [6.45, 7) is -0.0123. The number of nitrogens with zero attached hydrogens (tertiary/aromatic N) is 1. The Bertz CT molecular complexity index is 416. The van der Waals surface area contributed by atoms with E-state index in [1.807, 2.05) is 0 Å². The SMILES string of the molecule is COCc1c(C(=O)OC)cccc1[N+](=O)[O-]. The van der Waals surface area contributed by atoms with E-state index in [1.165, 1.54) is 32.4 Å². The number of hydrogen-bond donors (Lipinski definition) is 0. The molecule has 1 aromatic carbocycles. The van der Waals surface area contributed by atoms with Crippen molar-refractivity contribution in [3.63, 3.8) is 0 Å². The molecule has 16 heavy (non-hydrogen) atoms. The summed E-state index contributed by atoms with van der Waals surface area (Å²) >= 11 is 0. The third-order valence-electron chi connectivity index (χ3n) is 2.04. The number of benzene rings is 1. The van der Waals surface area contributed by atoms with Gasteiger partial charge in [0.2, 0.25) is 0 Å². The largest absolute Gasteiger partial charge is 0.465 e. The smallest absolute Gasteiger partial charge is 0.338 e. The zero-order chi connectivity index (χ0) is 12.1. The normalized spacial score (nSPS) is 9.88. The molecule has 6 heteroatoms. The van der Waals surface area contributed by atoms with Gasteiger partial charge in [0.05, 0.1) is 29.8 Å². The van der Waals surface area contributed by atoms with Crippen molar-refractivity contribution in [1.82, 2.24) is 0 Å². The lowest BCUT2D eigenvalue weighted by atomic mass is 10.1. The molecule has 0 atom stereocenters. The van der Waals surface area contributed by atoms with Gasteiger partial charge in [-0.15, -0.1) is 0 Å². The monoisotopic (exact) mass is 225 g/mol. The lowest BCUT2D eigenvalue weighted by Crippen LogP contribution is -2.08. The molecule has 0 fully saturated rings. The third kappa shape index (κ3) is 2.34. The molecule has 86 valence electrons. The van der Waals surface area contributed by atoms with E-state index in [0.717, 1.165) is 0 Å². The van der Waals surface area contributed by atoms with Gasteiger partial charge in [-0.25, -0.2) is 4.79 Å². The van der Waals surface area contributed by atoms with Crippen LogP contribution in [0.5, 0.6) is 0 Å². The van der Waals surface area contributed by atoms with Crippen molar-refractivity contribution >= 4 is 11.7 Å². The van der Waals surface area contributed by atoms with Crippen LogP contribution in [0.15, 0.2) is 18.2 Å². The van der Waals surface area contributed by atoms with Crippen molar-refractivity contribution in [2.75, 3.05) is 14.2 Å². The molecule has 1 rings (SSSR count). The molecule has 6 nitrogen and oxygen atoms in total. The van der Waals surface area contributed by atoms with E-state index in [4.69, 9.17) is 4.74 Å². The van der Waals surface area contributed by atoms with Crippen LogP contribution in [0.4, 0.5) is 5.69 Å². The number of rotatable bonds is 4. The number of esters is 1. The van der Waals surface area contributed by atoms with Gasteiger partial charge in [-0.05, 0) is 6.07 Å². The second kappa shape index (κ2) is 5.22. The number of ether oxygens (including phenoxy) is 2. The summed E-state index contributed by atoms with van der Waals surface area (Å²) in [5.74, 6) is -0.615. The second-order valence-electron chi connectivity index (χ2n) is 2.98. The highest BCUT2D eigenvalue weighted by Crippen LogP contribution is 2.23. The van der Waals surface area contributed by atoms with E-state index in [9.17, 15) is 14.9 Å². The van der Waals surface area contributed by atoms with Gasteiger partial charge in [-0.3, -0.25) is 10.1 Å². The summed E-state index contributed by atoms with van der Waals surface area (Å²) in [6.07, 6.45) is 0.